The summed E-state index contributed by atoms with van der Waals surface area (Å²) < 4.78 is 9.00. The Kier molecular flexibility index (Phi) is 2.17. The molecule has 6 heavy (non-hydrogen) atoms. The molecule has 0 aromatic rings. The molecule has 0 amide bonds. The van der Waals surface area contributed by atoms with E-state index in [1.807, 2.05) is 18.3 Å². The zero-order chi connectivity index (χ0) is 5.21. The molecule has 0 aliphatic carbocycles. The number of hydrogen-bond acceptors (Lipinski definition) is 1. The summed E-state index contributed by atoms with van der Waals surface area (Å²) in [4.78, 5) is 0. The first-order chi connectivity index (χ1) is 2.56. The summed E-state index contributed by atoms with van der Waals surface area (Å²) in [6.07, 6.45) is 0. The fourth-order valence-electron chi connectivity index (χ4n) is 0. The van der Waals surface area contributed by atoms with Gasteiger partial charge in [-0.15, -0.1) is 0 Å². The second-order valence-electron chi connectivity index (χ2n) is 1.94. The first kappa shape index (κ1) is 6.52. The minimum absolute atomic E-state index is 0.998. The van der Waals surface area contributed by atoms with Crippen molar-refractivity contribution in [2.24, 2.45) is 0 Å². The third kappa shape index (κ3) is 4.52. The van der Waals surface area contributed by atoms with Gasteiger partial charge in [0.25, 0.3) is 0 Å². The second-order valence-corrected chi connectivity index (χ2v) is 10.1. The summed E-state index contributed by atoms with van der Waals surface area (Å²) in [5, 5.41) is 0.998. The minimum atomic E-state index is -1.91. The van der Waals surface area contributed by atoms with Crippen molar-refractivity contribution in [3.05, 3.63) is 0 Å². The van der Waals surface area contributed by atoms with Crippen molar-refractivity contribution in [1.29, 1.82) is 0 Å². The number of rotatable bonds is 1. The van der Waals surface area contributed by atoms with Crippen molar-refractivity contribution in [2.45, 2.75) is 23.6 Å². The Hall–Kier alpha value is 0.518. The molecule has 0 aromatic heterocycles. The van der Waals surface area contributed by atoms with E-state index in [1.165, 1.54) is 0 Å². The summed E-state index contributed by atoms with van der Waals surface area (Å²) in [5.41, 5.74) is 3.94. The molecule has 0 spiro atoms. The van der Waals surface area contributed by atoms with Gasteiger partial charge in [0, 0.05) is 0 Å². The molecule has 1 N–H and O–H groups in total. The van der Waals surface area contributed by atoms with Gasteiger partial charge in [0.15, 0.2) is 0 Å². The van der Waals surface area contributed by atoms with Crippen LogP contribution in [0, 0.1) is 0 Å². The van der Waals surface area contributed by atoms with Crippen LogP contribution in [0.5, 0.6) is 0 Å². The Morgan fingerprint density at radius 2 is 1.67 bits per heavy atom. The van der Waals surface area contributed by atoms with Gasteiger partial charge in [-0.3, -0.25) is 0 Å². The third-order valence-corrected chi connectivity index (χ3v) is 4.02. The summed E-state index contributed by atoms with van der Waals surface area (Å²) in [7, 11) is 0. The van der Waals surface area contributed by atoms with Crippen molar-refractivity contribution >= 4 is 13.9 Å². The Bertz CT molecular complexity index is 37.3. The van der Waals surface area contributed by atoms with Gasteiger partial charge >= 0.3 is 41.5 Å². The van der Waals surface area contributed by atoms with E-state index in [0.29, 0.717) is 0 Å². The fraction of sp³-hybridized carbons (Fsp3) is 1.00. The Labute approximate surface area is 42.2 Å². The molecule has 0 aliphatic heterocycles. The molecule has 0 bridgehead atoms. The van der Waals surface area contributed by atoms with Crippen molar-refractivity contribution in [2.75, 3.05) is 0 Å². The zero-order valence-corrected chi connectivity index (χ0v) is 6.48. The molecule has 0 saturated carbocycles. The third-order valence-electron chi connectivity index (χ3n) is 0.774. The first-order valence-electron chi connectivity index (χ1n) is 2.12. The van der Waals surface area contributed by atoms with E-state index in [1.54, 1.807) is 0 Å². The monoisotopic (exact) mass is 151 g/mol. The van der Waals surface area contributed by atoms with Gasteiger partial charge in [-0.1, -0.05) is 0 Å². The van der Waals surface area contributed by atoms with Crippen LogP contribution in [0.3, 0.4) is 0 Å². The Balaban J connectivity index is 3.17. The molecule has 0 aliphatic rings. The van der Waals surface area contributed by atoms with Crippen LogP contribution in [0.2, 0.25) is 16.6 Å². The molecular formula is C4H12AsO. The van der Waals surface area contributed by atoms with Gasteiger partial charge < -0.3 is 0 Å². The van der Waals surface area contributed by atoms with Crippen LogP contribution < -0.4 is 0 Å². The molecule has 0 saturated heterocycles. The first-order valence-corrected chi connectivity index (χ1v) is 8.04. The summed E-state index contributed by atoms with van der Waals surface area (Å²) >= 11 is -1.91. The van der Waals surface area contributed by atoms with Gasteiger partial charge in [-0.25, -0.2) is 0 Å². The van der Waals surface area contributed by atoms with Crippen LogP contribution in [0.4, 0.5) is 0 Å². The van der Waals surface area contributed by atoms with E-state index in [-0.39, 0.29) is 0 Å². The van der Waals surface area contributed by atoms with E-state index >= 15 is 0 Å². The standard InChI is InChI=1S/C4H12AsO/c1-4-5(2,3)6/h6H,4H2,1-3H3. The molecule has 0 fully saturated rings. The van der Waals surface area contributed by atoms with E-state index in [2.05, 4.69) is 0 Å². The van der Waals surface area contributed by atoms with E-state index in [4.69, 9.17) is 4.10 Å². The van der Waals surface area contributed by atoms with Crippen molar-refractivity contribution < 1.29 is 4.10 Å². The van der Waals surface area contributed by atoms with Crippen molar-refractivity contribution in [3.63, 3.8) is 0 Å². The molecule has 2 heteroatoms. The molecule has 0 rings (SSSR count). The number of hydrogen-bond donors (Lipinski definition) is 1. The summed E-state index contributed by atoms with van der Waals surface area (Å²) in [5.74, 6) is 0. The van der Waals surface area contributed by atoms with Gasteiger partial charge in [-0.2, -0.15) is 0 Å². The van der Waals surface area contributed by atoms with Crippen molar-refractivity contribution in [1.82, 2.24) is 0 Å². The van der Waals surface area contributed by atoms with Gasteiger partial charge in [0.05, 0.1) is 0 Å². The summed E-state index contributed by atoms with van der Waals surface area (Å²) in [6, 6.07) is 0. The molecular weight excluding hydrogens is 139 g/mol. The quantitative estimate of drug-likeness (QED) is 0.558. The summed E-state index contributed by atoms with van der Waals surface area (Å²) in [6.45, 7) is 2.03. The van der Waals surface area contributed by atoms with Crippen LogP contribution in [-0.2, 0) is 0 Å². The van der Waals surface area contributed by atoms with Crippen molar-refractivity contribution in [3.8, 4) is 0 Å². The van der Waals surface area contributed by atoms with E-state index in [9.17, 15) is 0 Å². The Morgan fingerprint density at radius 1 is 1.50 bits per heavy atom. The SMILES string of the molecule is CC[As](C)(C)O. The van der Waals surface area contributed by atoms with Gasteiger partial charge in [0.2, 0.25) is 0 Å². The maximum absolute atomic E-state index is 9.00. The molecule has 0 aromatic carbocycles. The van der Waals surface area contributed by atoms with Crippen LogP contribution in [0.15, 0.2) is 0 Å². The predicted octanol–water partition coefficient (Wildman–Crippen LogP) is 1.20. The van der Waals surface area contributed by atoms with E-state index < -0.39 is 13.9 Å². The van der Waals surface area contributed by atoms with Gasteiger partial charge in [0.1, 0.15) is 0 Å². The zero-order valence-electron chi connectivity index (χ0n) is 4.60. The fourth-order valence-corrected chi connectivity index (χ4v) is 0. The average molecular weight is 151 g/mol. The van der Waals surface area contributed by atoms with Crippen LogP contribution in [0.25, 0.3) is 0 Å². The predicted molar refractivity (Wildman–Crippen MR) is 30.2 cm³/mol. The topological polar surface area (TPSA) is 20.2 Å². The van der Waals surface area contributed by atoms with Crippen LogP contribution in [0.1, 0.15) is 6.92 Å². The average Bonchev–Trinajstić information content (AvgIpc) is 1.35. The van der Waals surface area contributed by atoms with Gasteiger partial charge in [-0.05, 0) is 0 Å². The Morgan fingerprint density at radius 3 is 1.67 bits per heavy atom. The molecule has 0 unspecified atom stereocenters. The molecule has 39 valence electrons. The van der Waals surface area contributed by atoms with E-state index in [0.717, 1.165) is 5.21 Å². The normalized spacial score (nSPS) is 12.0. The molecule has 0 heterocycles. The molecule has 1 nitrogen and oxygen atoms in total. The van der Waals surface area contributed by atoms with Crippen LogP contribution >= 0.6 is 0 Å². The molecule has 0 atom stereocenters. The maximum atomic E-state index is 9.00. The van der Waals surface area contributed by atoms with Crippen LogP contribution in [-0.4, -0.2) is 18.0 Å². The molecule has 1 radical (unpaired) electrons. The second kappa shape index (κ2) is 1.99.